The molecule has 0 radical (unpaired) electrons. The van der Waals surface area contributed by atoms with Gasteiger partial charge in [0.25, 0.3) is 0 Å². The Hall–Kier alpha value is -1.26. The Balaban J connectivity index is 3.07. The number of aliphatic hydroxyl groups excluding tert-OH is 1. The lowest BCUT2D eigenvalue weighted by molar-refractivity contribution is 0.0158. The Morgan fingerprint density at radius 1 is 1.30 bits per heavy atom. The maximum absolute atomic E-state index is 11.6. The smallest absolute Gasteiger partial charge is 0.408 e. The number of amides is 1. The first kappa shape index (κ1) is 16.8. The van der Waals surface area contributed by atoms with E-state index in [2.05, 4.69) is 0 Å². The lowest BCUT2D eigenvalue weighted by Crippen LogP contribution is -2.56. The van der Waals surface area contributed by atoms with Crippen LogP contribution in [0.2, 0.25) is 0 Å². The number of carboxylic acid groups (broad SMARTS) is 1. The van der Waals surface area contributed by atoms with Crippen LogP contribution in [0.5, 0.6) is 0 Å². The summed E-state index contributed by atoms with van der Waals surface area (Å²) in [5, 5.41) is 19.6. The van der Waals surface area contributed by atoms with Gasteiger partial charge in [0, 0.05) is 5.54 Å². The van der Waals surface area contributed by atoms with Crippen LogP contribution in [0.4, 0.5) is 4.79 Å². The Bertz CT molecular complexity index is 430. The third-order valence-electron chi connectivity index (χ3n) is 3.15. The fraction of sp³-hybridized carbons (Fsp3) is 0.533. The number of benzene rings is 1. The Morgan fingerprint density at radius 3 is 2.25 bits per heavy atom. The molecule has 0 aromatic heterocycles. The van der Waals surface area contributed by atoms with E-state index in [-0.39, 0.29) is 5.88 Å². The van der Waals surface area contributed by atoms with Gasteiger partial charge >= 0.3 is 6.09 Å². The molecule has 5 heteroatoms. The third-order valence-corrected chi connectivity index (χ3v) is 3.47. The number of nitrogens with zero attached hydrogens (tertiary/aromatic N) is 1. The molecule has 0 heterocycles. The minimum Gasteiger partial charge on any atom is -0.465 e. The number of alkyl halides is 1. The molecular formula is C15H22ClNO3. The number of aliphatic hydroxyl groups is 1. The second kappa shape index (κ2) is 6.95. The molecule has 0 unspecified atom stereocenters. The summed E-state index contributed by atoms with van der Waals surface area (Å²) in [5.74, 6) is -0.00262. The van der Waals surface area contributed by atoms with E-state index in [0.29, 0.717) is 6.42 Å². The summed E-state index contributed by atoms with van der Waals surface area (Å²) in [5.41, 5.74) is 0.357. The van der Waals surface area contributed by atoms with Crippen molar-refractivity contribution in [3.8, 4) is 0 Å². The standard InChI is InChI=1S/C15H22ClNO3/c1-15(2,3)17(14(19)20)12(13(18)10-16)9-11-7-5-4-6-8-11/h4-8,12-13,18H,9-10H2,1-3H3,(H,19,20)/t12-,13-/m0/s1. The summed E-state index contributed by atoms with van der Waals surface area (Å²) in [7, 11) is 0. The molecule has 2 N–H and O–H groups in total. The van der Waals surface area contributed by atoms with Crippen molar-refractivity contribution < 1.29 is 15.0 Å². The zero-order chi connectivity index (χ0) is 15.3. The number of halogens is 1. The maximum atomic E-state index is 11.6. The van der Waals surface area contributed by atoms with E-state index in [0.717, 1.165) is 5.56 Å². The molecule has 0 saturated carbocycles. The minimum atomic E-state index is -1.05. The van der Waals surface area contributed by atoms with Crippen molar-refractivity contribution in [2.75, 3.05) is 5.88 Å². The summed E-state index contributed by atoms with van der Waals surface area (Å²) < 4.78 is 0. The molecule has 0 fully saturated rings. The van der Waals surface area contributed by atoms with Crippen molar-refractivity contribution in [2.45, 2.75) is 44.9 Å². The Kier molecular flexibility index (Phi) is 5.84. The van der Waals surface area contributed by atoms with E-state index in [9.17, 15) is 15.0 Å². The van der Waals surface area contributed by atoms with Crippen LogP contribution in [0.1, 0.15) is 26.3 Å². The quantitative estimate of drug-likeness (QED) is 0.822. The fourth-order valence-corrected chi connectivity index (χ4v) is 2.49. The third kappa shape index (κ3) is 4.39. The van der Waals surface area contributed by atoms with Gasteiger partial charge in [0.15, 0.2) is 0 Å². The molecule has 1 aromatic carbocycles. The minimum absolute atomic E-state index is 0.00262. The average molecular weight is 300 g/mol. The van der Waals surface area contributed by atoms with E-state index in [1.54, 1.807) is 20.8 Å². The van der Waals surface area contributed by atoms with Gasteiger partial charge in [-0.1, -0.05) is 30.3 Å². The second-order valence-corrected chi connectivity index (χ2v) is 6.11. The van der Waals surface area contributed by atoms with Gasteiger partial charge in [-0.15, -0.1) is 11.6 Å². The highest BCUT2D eigenvalue weighted by Crippen LogP contribution is 2.23. The predicted octanol–water partition coefficient (Wildman–Crippen LogP) is 2.98. The molecule has 112 valence electrons. The van der Waals surface area contributed by atoms with Crippen LogP contribution >= 0.6 is 11.6 Å². The molecule has 0 saturated heterocycles. The van der Waals surface area contributed by atoms with Crippen LogP contribution in [0, 0.1) is 0 Å². The zero-order valence-electron chi connectivity index (χ0n) is 12.1. The molecule has 2 atom stereocenters. The van der Waals surface area contributed by atoms with Gasteiger partial charge in [0.1, 0.15) is 0 Å². The van der Waals surface area contributed by atoms with Gasteiger partial charge in [-0.25, -0.2) is 4.79 Å². The number of hydrogen-bond acceptors (Lipinski definition) is 2. The normalized spacial score (nSPS) is 14.7. The number of carbonyl (C=O) groups is 1. The van der Waals surface area contributed by atoms with Gasteiger partial charge < -0.3 is 10.2 Å². The van der Waals surface area contributed by atoms with Crippen molar-refractivity contribution in [3.63, 3.8) is 0 Å². The Morgan fingerprint density at radius 2 is 1.85 bits per heavy atom. The van der Waals surface area contributed by atoms with Crippen LogP contribution in [-0.2, 0) is 6.42 Å². The first-order valence-corrected chi connectivity index (χ1v) is 7.11. The second-order valence-electron chi connectivity index (χ2n) is 5.80. The lowest BCUT2D eigenvalue weighted by atomic mass is 9.95. The van der Waals surface area contributed by atoms with Crippen molar-refractivity contribution in [2.24, 2.45) is 0 Å². The highest BCUT2D eigenvalue weighted by atomic mass is 35.5. The highest BCUT2D eigenvalue weighted by molar-refractivity contribution is 6.18. The Labute approximate surface area is 125 Å². The molecule has 0 aliphatic rings. The zero-order valence-corrected chi connectivity index (χ0v) is 12.8. The van der Waals surface area contributed by atoms with Crippen molar-refractivity contribution in [1.82, 2.24) is 4.90 Å². The average Bonchev–Trinajstić information content (AvgIpc) is 2.36. The molecular weight excluding hydrogens is 278 g/mol. The highest BCUT2D eigenvalue weighted by Gasteiger charge is 2.36. The van der Waals surface area contributed by atoms with Crippen LogP contribution in [0.15, 0.2) is 30.3 Å². The molecule has 1 rings (SSSR count). The van der Waals surface area contributed by atoms with Crippen molar-refractivity contribution in [1.29, 1.82) is 0 Å². The number of rotatable bonds is 5. The van der Waals surface area contributed by atoms with E-state index in [4.69, 9.17) is 11.6 Å². The van der Waals surface area contributed by atoms with Crippen LogP contribution in [0.3, 0.4) is 0 Å². The van der Waals surface area contributed by atoms with Crippen LogP contribution in [0.25, 0.3) is 0 Å². The molecule has 0 bridgehead atoms. The molecule has 0 spiro atoms. The summed E-state index contributed by atoms with van der Waals surface area (Å²) in [6.07, 6.45) is -1.53. The van der Waals surface area contributed by atoms with Crippen molar-refractivity contribution in [3.05, 3.63) is 35.9 Å². The molecule has 20 heavy (non-hydrogen) atoms. The first-order chi connectivity index (χ1) is 9.27. The topological polar surface area (TPSA) is 60.8 Å². The summed E-state index contributed by atoms with van der Waals surface area (Å²) >= 11 is 5.74. The SMILES string of the molecule is CC(C)(C)N(C(=O)O)[C@@H](Cc1ccccc1)[C@@H](O)CCl. The summed E-state index contributed by atoms with van der Waals surface area (Å²) in [6.45, 7) is 5.42. The molecule has 0 aliphatic heterocycles. The summed E-state index contributed by atoms with van der Waals surface area (Å²) in [4.78, 5) is 12.9. The van der Waals surface area contributed by atoms with E-state index in [1.807, 2.05) is 30.3 Å². The largest absolute Gasteiger partial charge is 0.465 e. The van der Waals surface area contributed by atoms with Crippen LogP contribution in [-0.4, -0.2) is 44.8 Å². The van der Waals surface area contributed by atoms with E-state index < -0.39 is 23.8 Å². The molecule has 1 amide bonds. The molecule has 4 nitrogen and oxygen atoms in total. The van der Waals surface area contributed by atoms with Gasteiger partial charge in [-0.2, -0.15) is 0 Å². The van der Waals surface area contributed by atoms with Gasteiger partial charge in [-0.3, -0.25) is 4.90 Å². The molecule has 0 aliphatic carbocycles. The fourth-order valence-electron chi connectivity index (χ4n) is 2.28. The lowest BCUT2D eigenvalue weighted by Gasteiger charge is -2.41. The molecule has 1 aromatic rings. The number of hydrogen-bond donors (Lipinski definition) is 2. The van der Waals surface area contributed by atoms with E-state index >= 15 is 0 Å². The monoisotopic (exact) mass is 299 g/mol. The van der Waals surface area contributed by atoms with Gasteiger partial charge in [0.2, 0.25) is 0 Å². The predicted molar refractivity (Wildman–Crippen MR) is 80.3 cm³/mol. The van der Waals surface area contributed by atoms with Crippen molar-refractivity contribution >= 4 is 17.7 Å². The van der Waals surface area contributed by atoms with Crippen LogP contribution < -0.4 is 0 Å². The first-order valence-electron chi connectivity index (χ1n) is 6.57. The summed E-state index contributed by atoms with van der Waals surface area (Å²) in [6, 6.07) is 8.93. The maximum Gasteiger partial charge on any atom is 0.408 e. The van der Waals surface area contributed by atoms with Gasteiger partial charge in [-0.05, 0) is 32.8 Å². The van der Waals surface area contributed by atoms with Gasteiger partial charge in [0.05, 0.1) is 18.0 Å². The van der Waals surface area contributed by atoms with E-state index in [1.165, 1.54) is 4.90 Å².